The molecule has 1 heterocycles. The summed E-state index contributed by atoms with van der Waals surface area (Å²) in [5.74, 6) is -0.319. The summed E-state index contributed by atoms with van der Waals surface area (Å²) in [5, 5.41) is 2.58. The summed E-state index contributed by atoms with van der Waals surface area (Å²) in [7, 11) is 1.29. The molecule has 0 aliphatic heterocycles. The molecule has 0 amide bonds. The number of nitrogens with zero attached hydrogens (tertiary/aromatic N) is 3. The molecule has 15 heavy (non-hydrogen) atoms. The SMILES string of the molecule is COC(=O)[C@H](C)Nc1nc(Cl)nc(Cl)n1. The lowest BCUT2D eigenvalue weighted by Crippen LogP contribution is -2.28. The van der Waals surface area contributed by atoms with Crippen LogP contribution in [-0.2, 0) is 9.53 Å². The molecule has 0 unspecified atom stereocenters. The maximum atomic E-state index is 11.1. The van der Waals surface area contributed by atoms with Crippen LogP contribution in [0, 0.1) is 0 Å². The number of carbonyl (C=O) groups is 1. The Morgan fingerprint density at radius 2 is 1.87 bits per heavy atom. The van der Waals surface area contributed by atoms with Crippen LogP contribution in [0.5, 0.6) is 0 Å². The lowest BCUT2D eigenvalue weighted by atomic mass is 10.3. The molecule has 0 radical (unpaired) electrons. The second-order valence-corrected chi connectivity index (χ2v) is 3.26. The Morgan fingerprint density at radius 3 is 2.33 bits per heavy atom. The zero-order valence-corrected chi connectivity index (χ0v) is 9.50. The third-order valence-electron chi connectivity index (χ3n) is 1.48. The zero-order valence-electron chi connectivity index (χ0n) is 7.99. The van der Waals surface area contributed by atoms with Crippen LogP contribution in [0.4, 0.5) is 5.95 Å². The quantitative estimate of drug-likeness (QED) is 0.812. The summed E-state index contributed by atoms with van der Waals surface area (Å²) in [6.45, 7) is 1.59. The van der Waals surface area contributed by atoms with E-state index in [0.717, 1.165) is 0 Å². The molecule has 0 fully saturated rings. The van der Waals surface area contributed by atoms with Gasteiger partial charge >= 0.3 is 5.97 Å². The Labute approximate surface area is 96.0 Å². The molecule has 82 valence electrons. The number of hydrogen-bond acceptors (Lipinski definition) is 6. The van der Waals surface area contributed by atoms with Crippen molar-refractivity contribution in [3.63, 3.8) is 0 Å². The number of carbonyl (C=O) groups excluding carboxylic acids is 1. The molecule has 1 aromatic rings. The van der Waals surface area contributed by atoms with Crippen molar-refractivity contribution < 1.29 is 9.53 Å². The fourth-order valence-corrected chi connectivity index (χ4v) is 1.18. The molecule has 0 aliphatic carbocycles. The largest absolute Gasteiger partial charge is 0.467 e. The van der Waals surface area contributed by atoms with Crippen molar-refractivity contribution in [3.8, 4) is 0 Å². The molecule has 6 nitrogen and oxygen atoms in total. The first-order valence-corrected chi connectivity index (χ1v) is 4.70. The lowest BCUT2D eigenvalue weighted by molar-refractivity contribution is -0.141. The van der Waals surface area contributed by atoms with Gasteiger partial charge in [0.1, 0.15) is 6.04 Å². The maximum absolute atomic E-state index is 11.1. The monoisotopic (exact) mass is 250 g/mol. The van der Waals surface area contributed by atoms with Gasteiger partial charge in [0.15, 0.2) is 0 Å². The van der Waals surface area contributed by atoms with E-state index < -0.39 is 12.0 Å². The van der Waals surface area contributed by atoms with Gasteiger partial charge in [0.05, 0.1) is 7.11 Å². The van der Waals surface area contributed by atoms with E-state index in [1.807, 2.05) is 0 Å². The summed E-state index contributed by atoms with van der Waals surface area (Å²) >= 11 is 11.1. The van der Waals surface area contributed by atoms with Gasteiger partial charge in [-0.3, -0.25) is 0 Å². The highest BCUT2D eigenvalue weighted by Gasteiger charge is 2.14. The first-order valence-electron chi connectivity index (χ1n) is 3.94. The second-order valence-electron chi connectivity index (χ2n) is 2.59. The molecule has 0 saturated heterocycles. The van der Waals surface area contributed by atoms with Gasteiger partial charge in [-0.25, -0.2) is 4.79 Å². The van der Waals surface area contributed by atoms with Crippen molar-refractivity contribution in [3.05, 3.63) is 10.6 Å². The van der Waals surface area contributed by atoms with E-state index in [-0.39, 0.29) is 16.5 Å². The molecule has 1 rings (SSSR count). The molecule has 0 bridgehead atoms. The number of methoxy groups -OCH3 is 1. The Hall–Kier alpha value is -1.14. The highest BCUT2D eigenvalue weighted by molar-refractivity contribution is 6.31. The Bertz CT molecular complexity index is 354. The van der Waals surface area contributed by atoms with Gasteiger partial charge in [-0.1, -0.05) is 0 Å². The van der Waals surface area contributed by atoms with Crippen LogP contribution in [0.15, 0.2) is 0 Å². The van der Waals surface area contributed by atoms with Gasteiger partial charge in [0.25, 0.3) is 0 Å². The maximum Gasteiger partial charge on any atom is 0.328 e. The van der Waals surface area contributed by atoms with Gasteiger partial charge in [-0.05, 0) is 30.1 Å². The molecular formula is C7H8Cl2N4O2. The van der Waals surface area contributed by atoms with E-state index in [4.69, 9.17) is 23.2 Å². The summed E-state index contributed by atoms with van der Waals surface area (Å²) in [4.78, 5) is 22.1. The van der Waals surface area contributed by atoms with Crippen molar-refractivity contribution in [1.29, 1.82) is 0 Å². The number of hydrogen-bond donors (Lipinski definition) is 1. The van der Waals surface area contributed by atoms with E-state index in [1.54, 1.807) is 6.92 Å². The highest BCUT2D eigenvalue weighted by Crippen LogP contribution is 2.10. The molecular weight excluding hydrogens is 243 g/mol. The number of aromatic nitrogens is 3. The van der Waals surface area contributed by atoms with Gasteiger partial charge < -0.3 is 10.1 Å². The first kappa shape index (κ1) is 11.9. The van der Waals surface area contributed by atoms with E-state index in [9.17, 15) is 4.79 Å². The molecule has 0 aromatic carbocycles. The summed E-state index contributed by atoms with van der Waals surface area (Å²) in [5.41, 5.74) is 0. The standard InChI is InChI=1S/C7H8Cl2N4O2/c1-3(4(14)15-2)10-7-12-5(8)11-6(9)13-7/h3H,1-2H3,(H,10,11,12,13)/t3-/m0/s1. The van der Waals surface area contributed by atoms with E-state index in [0.29, 0.717) is 0 Å². The van der Waals surface area contributed by atoms with Crippen LogP contribution in [0.3, 0.4) is 0 Å². The Kier molecular flexibility index (Phi) is 4.05. The van der Waals surface area contributed by atoms with Crippen molar-refractivity contribution >= 4 is 35.1 Å². The minimum Gasteiger partial charge on any atom is -0.467 e. The first-order chi connectivity index (χ1) is 7.02. The van der Waals surface area contributed by atoms with Gasteiger partial charge in [0.2, 0.25) is 16.5 Å². The molecule has 0 aliphatic rings. The molecule has 0 spiro atoms. The highest BCUT2D eigenvalue weighted by atomic mass is 35.5. The summed E-state index contributed by atoms with van der Waals surface area (Å²) in [6, 6.07) is -0.593. The van der Waals surface area contributed by atoms with Crippen LogP contribution in [0.1, 0.15) is 6.92 Å². The number of nitrogens with one attached hydrogen (secondary N) is 1. The van der Waals surface area contributed by atoms with Crippen LogP contribution in [0.2, 0.25) is 10.6 Å². The van der Waals surface area contributed by atoms with Crippen LogP contribution in [-0.4, -0.2) is 34.1 Å². The van der Waals surface area contributed by atoms with Crippen molar-refractivity contribution in [1.82, 2.24) is 15.0 Å². The van der Waals surface area contributed by atoms with Gasteiger partial charge in [0, 0.05) is 0 Å². The van der Waals surface area contributed by atoms with Crippen LogP contribution < -0.4 is 5.32 Å². The molecule has 1 atom stereocenters. The lowest BCUT2D eigenvalue weighted by Gasteiger charge is -2.10. The summed E-state index contributed by atoms with van der Waals surface area (Å²) < 4.78 is 4.51. The average Bonchev–Trinajstić information content (AvgIpc) is 2.14. The van der Waals surface area contributed by atoms with Crippen LogP contribution >= 0.6 is 23.2 Å². The van der Waals surface area contributed by atoms with Crippen molar-refractivity contribution in [2.24, 2.45) is 0 Å². The fourth-order valence-electron chi connectivity index (χ4n) is 0.820. The van der Waals surface area contributed by atoms with Crippen LogP contribution in [0.25, 0.3) is 0 Å². The van der Waals surface area contributed by atoms with Gasteiger partial charge in [-0.2, -0.15) is 15.0 Å². The predicted octanol–water partition coefficient (Wildman–Crippen LogP) is 1.15. The number of rotatable bonds is 3. The minimum absolute atomic E-state index is 0.0467. The van der Waals surface area contributed by atoms with E-state index in [1.165, 1.54) is 7.11 Å². The Morgan fingerprint density at radius 1 is 1.33 bits per heavy atom. The third-order valence-corrected chi connectivity index (χ3v) is 1.82. The Balaban J connectivity index is 2.76. The number of anilines is 1. The molecule has 8 heteroatoms. The fraction of sp³-hybridized carbons (Fsp3) is 0.429. The molecule has 0 saturated carbocycles. The third kappa shape index (κ3) is 3.49. The zero-order chi connectivity index (χ0) is 11.4. The number of esters is 1. The summed E-state index contributed by atoms with van der Waals surface area (Å²) in [6.07, 6.45) is 0. The smallest absolute Gasteiger partial charge is 0.328 e. The normalized spacial score (nSPS) is 12.0. The molecule has 1 aromatic heterocycles. The van der Waals surface area contributed by atoms with E-state index >= 15 is 0 Å². The van der Waals surface area contributed by atoms with Crippen molar-refractivity contribution in [2.45, 2.75) is 13.0 Å². The molecule has 1 N–H and O–H groups in total. The van der Waals surface area contributed by atoms with Gasteiger partial charge in [-0.15, -0.1) is 0 Å². The predicted molar refractivity (Wildman–Crippen MR) is 54.9 cm³/mol. The van der Waals surface area contributed by atoms with E-state index in [2.05, 4.69) is 25.0 Å². The minimum atomic E-state index is -0.593. The van der Waals surface area contributed by atoms with Crippen molar-refractivity contribution in [2.75, 3.05) is 12.4 Å². The topological polar surface area (TPSA) is 77.0 Å². The number of ether oxygens (including phenoxy) is 1. The number of halogens is 2. The second kappa shape index (κ2) is 5.09. The average molecular weight is 251 g/mol.